The van der Waals surface area contributed by atoms with Crippen LogP contribution in [0.15, 0.2) is 30.3 Å². The van der Waals surface area contributed by atoms with Crippen LogP contribution in [0.25, 0.3) is 0 Å². The summed E-state index contributed by atoms with van der Waals surface area (Å²) in [6.07, 6.45) is 0. The molecule has 0 saturated heterocycles. The molecule has 0 bridgehead atoms. The summed E-state index contributed by atoms with van der Waals surface area (Å²) in [6, 6.07) is 11.8. The Labute approximate surface area is 132 Å². The van der Waals surface area contributed by atoms with E-state index >= 15 is 0 Å². The largest absolute Gasteiger partial charge is 0.369 e. The molecule has 114 valence electrons. The molecule has 2 aromatic rings. The molecule has 0 radical (unpaired) electrons. The fourth-order valence-corrected chi connectivity index (χ4v) is 3.43. The van der Waals surface area contributed by atoms with Gasteiger partial charge in [-0.25, -0.2) is 0 Å². The van der Waals surface area contributed by atoms with E-state index in [9.17, 15) is 0 Å². The van der Waals surface area contributed by atoms with Crippen LogP contribution in [0.2, 0.25) is 0 Å². The SMILES string of the molecule is Cc1cc(C)cc(N(C)Cc2ccc(CNC(C)C)s2)c1. The van der Waals surface area contributed by atoms with Crippen molar-refractivity contribution < 1.29 is 0 Å². The minimum Gasteiger partial charge on any atom is -0.369 e. The highest BCUT2D eigenvalue weighted by Gasteiger charge is 2.06. The average Bonchev–Trinajstić information content (AvgIpc) is 2.83. The van der Waals surface area contributed by atoms with E-state index in [0.717, 1.165) is 13.1 Å². The first-order valence-corrected chi connectivity index (χ1v) is 8.36. The van der Waals surface area contributed by atoms with Gasteiger partial charge in [0.15, 0.2) is 0 Å². The van der Waals surface area contributed by atoms with E-state index in [2.05, 4.69) is 75.3 Å². The summed E-state index contributed by atoms with van der Waals surface area (Å²) in [4.78, 5) is 5.15. The van der Waals surface area contributed by atoms with E-state index in [-0.39, 0.29) is 0 Å². The monoisotopic (exact) mass is 302 g/mol. The Bertz CT molecular complexity index is 566. The number of anilines is 1. The lowest BCUT2D eigenvalue weighted by Gasteiger charge is -2.19. The van der Waals surface area contributed by atoms with Crippen LogP contribution in [0.3, 0.4) is 0 Å². The van der Waals surface area contributed by atoms with Gasteiger partial charge in [-0.15, -0.1) is 11.3 Å². The molecular weight excluding hydrogens is 276 g/mol. The summed E-state index contributed by atoms with van der Waals surface area (Å²) in [5.74, 6) is 0. The van der Waals surface area contributed by atoms with Gasteiger partial charge in [0.25, 0.3) is 0 Å². The normalized spacial score (nSPS) is 11.1. The second-order valence-corrected chi connectivity index (χ2v) is 7.36. The fourth-order valence-electron chi connectivity index (χ4n) is 2.40. The highest BCUT2D eigenvalue weighted by Crippen LogP contribution is 2.23. The molecule has 0 aliphatic carbocycles. The highest BCUT2D eigenvalue weighted by atomic mass is 32.1. The minimum atomic E-state index is 0.536. The van der Waals surface area contributed by atoms with Gasteiger partial charge in [0.05, 0.1) is 6.54 Å². The molecule has 0 aliphatic rings. The number of rotatable bonds is 6. The predicted octanol–water partition coefficient (Wildman–Crippen LogP) is 4.50. The van der Waals surface area contributed by atoms with E-state index in [4.69, 9.17) is 0 Å². The molecule has 1 aromatic heterocycles. The molecule has 0 aliphatic heterocycles. The van der Waals surface area contributed by atoms with Crippen molar-refractivity contribution in [2.24, 2.45) is 0 Å². The number of aryl methyl sites for hydroxylation is 2. The molecule has 0 fully saturated rings. The summed E-state index contributed by atoms with van der Waals surface area (Å²) in [5, 5.41) is 3.47. The predicted molar refractivity (Wildman–Crippen MR) is 94.3 cm³/mol. The zero-order valence-corrected chi connectivity index (χ0v) is 14.6. The molecular formula is C18H26N2S. The van der Waals surface area contributed by atoms with Crippen LogP contribution in [-0.4, -0.2) is 13.1 Å². The first kappa shape index (κ1) is 16.1. The molecule has 2 rings (SSSR count). The molecule has 0 saturated carbocycles. The van der Waals surface area contributed by atoms with Gasteiger partial charge in [0.2, 0.25) is 0 Å². The van der Waals surface area contributed by atoms with Crippen molar-refractivity contribution in [3.63, 3.8) is 0 Å². The Morgan fingerprint density at radius 3 is 2.29 bits per heavy atom. The van der Waals surface area contributed by atoms with Crippen LogP contribution in [0.5, 0.6) is 0 Å². The average molecular weight is 302 g/mol. The summed E-state index contributed by atoms with van der Waals surface area (Å²) < 4.78 is 0. The van der Waals surface area contributed by atoms with Gasteiger partial charge in [-0.1, -0.05) is 19.9 Å². The Balaban J connectivity index is 2.00. The van der Waals surface area contributed by atoms with Crippen molar-refractivity contribution in [1.82, 2.24) is 5.32 Å². The van der Waals surface area contributed by atoms with Crippen molar-refractivity contribution in [2.45, 2.75) is 46.8 Å². The Morgan fingerprint density at radius 2 is 1.67 bits per heavy atom. The van der Waals surface area contributed by atoms with E-state index in [1.165, 1.54) is 26.6 Å². The number of benzene rings is 1. The van der Waals surface area contributed by atoms with Crippen molar-refractivity contribution in [1.29, 1.82) is 0 Å². The summed E-state index contributed by atoms with van der Waals surface area (Å²) in [6.45, 7) is 10.6. The van der Waals surface area contributed by atoms with Crippen LogP contribution in [0.1, 0.15) is 34.7 Å². The van der Waals surface area contributed by atoms with E-state index in [1.807, 2.05) is 11.3 Å². The molecule has 0 atom stereocenters. The number of nitrogens with one attached hydrogen (secondary N) is 1. The smallest absolute Gasteiger partial charge is 0.0519 e. The lowest BCUT2D eigenvalue weighted by molar-refractivity contribution is 0.593. The molecule has 0 amide bonds. The van der Waals surface area contributed by atoms with Gasteiger partial charge in [0, 0.05) is 35.1 Å². The zero-order valence-electron chi connectivity index (χ0n) is 13.7. The molecule has 3 heteroatoms. The maximum Gasteiger partial charge on any atom is 0.0519 e. The highest BCUT2D eigenvalue weighted by molar-refractivity contribution is 7.12. The molecule has 0 unspecified atom stereocenters. The van der Waals surface area contributed by atoms with Crippen LogP contribution < -0.4 is 10.2 Å². The Hall–Kier alpha value is -1.32. The van der Waals surface area contributed by atoms with Gasteiger partial charge in [-0.2, -0.15) is 0 Å². The maximum absolute atomic E-state index is 3.47. The number of hydrogen-bond acceptors (Lipinski definition) is 3. The number of nitrogens with zero attached hydrogens (tertiary/aromatic N) is 1. The van der Waals surface area contributed by atoms with Crippen molar-refractivity contribution >= 4 is 17.0 Å². The standard InChI is InChI=1S/C18H26N2S/c1-13(2)19-11-17-6-7-18(21-17)12-20(5)16-9-14(3)8-15(4)10-16/h6-10,13,19H,11-12H2,1-5H3. The zero-order chi connectivity index (χ0) is 15.4. The summed E-state index contributed by atoms with van der Waals surface area (Å²) in [5.41, 5.74) is 3.94. The van der Waals surface area contributed by atoms with Gasteiger partial charge in [0.1, 0.15) is 0 Å². The number of hydrogen-bond donors (Lipinski definition) is 1. The van der Waals surface area contributed by atoms with Crippen LogP contribution in [0.4, 0.5) is 5.69 Å². The lowest BCUT2D eigenvalue weighted by atomic mass is 10.1. The third-order valence-corrected chi connectivity index (χ3v) is 4.51. The van der Waals surface area contributed by atoms with Gasteiger partial charge in [-0.3, -0.25) is 0 Å². The molecule has 2 nitrogen and oxygen atoms in total. The van der Waals surface area contributed by atoms with Crippen LogP contribution in [-0.2, 0) is 13.1 Å². The van der Waals surface area contributed by atoms with Crippen LogP contribution in [0, 0.1) is 13.8 Å². The quantitative estimate of drug-likeness (QED) is 0.845. The molecule has 0 spiro atoms. The minimum absolute atomic E-state index is 0.536. The first-order chi connectivity index (χ1) is 9.94. The van der Waals surface area contributed by atoms with E-state index in [1.54, 1.807) is 0 Å². The molecule has 1 heterocycles. The number of thiophene rings is 1. The maximum atomic E-state index is 3.47. The second-order valence-electron chi connectivity index (χ2n) is 6.11. The third kappa shape index (κ3) is 4.87. The first-order valence-electron chi connectivity index (χ1n) is 7.54. The van der Waals surface area contributed by atoms with E-state index < -0.39 is 0 Å². The topological polar surface area (TPSA) is 15.3 Å². The van der Waals surface area contributed by atoms with Crippen molar-refractivity contribution in [3.8, 4) is 0 Å². The lowest BCUT2D eigenvalue weighted by Crippen LogP contribution is -2.21. The van der Waals surface area contributed by atoms with Gasteiger partial charge >= 0.3 is 0 Å². The van der Waals surface area contributed by atoms with Crippen LogP contribution >= 0.6 is 11.3 Å². The Kier molecular flexibility index (Phi) is 5.43. The Morgan fingerprint density at radius 1 is 1.05 bits per heavy atom. The van der Waals surface area contributed by atoms with Crippen molar-refractivity contribution in [2.75, 3.05) is 11.9 Å². The third-order valence-electron chi connectivity index (χ3n) is 3.44. The summed E-state index contributed by atoms with van der Waals surface area (Å²) >= 11 is 1.90. The second kappa shape index (κ2) is 7.10. The summed E-state index contributed by atoms with van der Waals surface area (Å²) in [7, 11) is 2.17. The molecule has 1 aromatic carbocycles. The van der Waals surface area contributed by atoms with Crippen molar-refractivity contribution in [3.05, 3.63) is 51.2 Å². The van der Waals surface area contributed by atoms with E-state index in [0.29, 0.717) is 6.04 Å². The fraction of sp³-hybridized carbons (Fsp3) is 0.444. The van der Waals surface area contributed by atoms with Gasteiger partial charge < -0.3 is 10.2 Å². The molecule has 21 heavy (non-hydrogen) atoms. The molecule has 1 N–H and O–H groups in total. The van der Waals surface area contributed by atoms with Gasteiger partial charge in [-0.05, 0) is 49.2 Å².